The van der Waals surface area contributed by atoms with Crippen LogP contribution in [0, 0.1) is 0 Å². The maximum absolute atomic E-state index is 12.4. The molecule has 1 heterocycles. The third-order valence-electron chi connectivity index (χ3n) is 4.80. The minimum Gasteiger partial charge on any atom is -0.486 e. The SMILES string of the molecule is CCC1CN(CC(=O)NC2CCCCC2)c2ccc(N)cc2O1. The molecule has 5 heteroatoms. The molecule has 1 aromatic rings. The molecule has 1 fully saturated rings. The standard InChI is InChI=1S/C18H27N3O2/c1-2-15-11-21(16-9-8-13(19)10-17(16)23-15)12-18(22)20-14-6-4-3-5-7-14/h8-10,14-15H,2-7,11-12,19H2,1H3,(H,20,22). The number of amides is 1. The summed E-state index contributed by atoms with van der Waals surface area (Å²) < 4.78 is 5.97. The molecule has 3 N–H and O–H groups in total. The summed E-state index contributed by atoms with van der Waals surface area (Å²) in [6, 6.07) is 6.01. The van der Waals surface area contributed by atoms with Crippen LogP contribution in [0.1, 0.15) is 45.4 Å². The zero-order valence-corrected chi connectivity index (χ0v) is 13.9. The Bertz CT molecular complexity index is 555. The van der Waals surface area contributed by atoms with E-state index in [1.165, 1.54) is 19.3 Å². The van der Waals surface area contributed by atoms with Gasteiger partial charge in [0.05, 0.1) is 18.8 Å². The molecular formula is C18H27N3O2. The van der Waals surface area contributed by atoms with Gasteiger partial charge in [-0.1, -0.05) is 26.2 Å². The van der Waals surface area contributed by atoms with Gasteiger partial charge in [0.1, 0.15) is 11.9 Å². The molecular weight excluding hydrogens is 290 g/mol. The van der Waals surface area contributed by atoms with Gasteiger partial charge < -0.3 is 20.7 Å². The lowest BCUT2D eigenvalue weighted by molar-refractivity contribution is -0.120. The quantitative estimate of drug-likeness (QED) is 0.838. The van der Waals surface area contributed by atoms with Crippen LogP contribution in [-0.4, -0.2) is 31.1 Å². The minimum atomic E-state index is 0.104. The maximum atomic E-state index is 12.4. The predicted molar refractivity (Wildman–Crippen MR) is 92.8 cm³/mol. The zero-order valence-electron chi connectivity index (χ0n) is 13.9. The molecule has 1 unspecified atom stereocenters. The monoisotopic (exact) mass is 317 g/mol. The first kappa shape index (κ1) is 16.0. The molecule has 0 aromatic heterocycles. The first-order valence-electron chi connectivity index (χ1n) is 8.76. The largest absolute Gasteiger partial charge is 0.486 e. The highest BCUT2D eigenvalue weighted by molar-refractivity contribution is 5.83. The van der Waals surface area contributed by atoms with E-state index < -0.39 is 0 Å². The summed E-state index contributed by atoms with van der Waals surface area (Å²) in [7, 11) is 0. The van der Waals surface area contributed by atoms with Gasteiger partial charge in [-0.2, -0.15) is 0 Å². The van der Waals surface area contributed by atoms with Gasteiger partial charge in [-0.3, -0.25) is 4.79 Å². The van der Waals surface area contributed by atoms with Gasteiger partial charge in [-0.05, 0) is 31.4 Å². The van der Waals surface area contributed by atoms with Crippen molar-refractivity contribution in [2.45, 2.75) is 57.6 Å². The van der Waals surface area contributed by atoms with E-state index in [4.69, 9.17) is 10.5 Å². The number of carbonyl (C=O) groups is 1. The summed E-state index contributed by atoms with van der Waals surface area (Å²) in [5, 5.41) is 3.20. The van der Waals surface area contributed by atoms with Gasteiger partial charge in [-0.25, -0.2) is 0 Å². The van der Waals surface area contributed by atoms with Crippen LogP contribution in [0.4, 0.5) is 11.4 Å². The maximum Gasteiger partial charge on any atom is 0.239 e. The van der Waals surface area contributed by atoms with E-state index >= 15 is 0 Å². The predicted octanol–water partition coefficient (Wildman–Crippen LogP) is 2.70. The van der Waals surface area contributed by atoms with Crippen LogP contribution < -0.4 is 20.7 Å². The zero-order chi connectivity index (χ0) is 16.2. The van der Waals surface area contributed by atoms with Gasteiger partial charge >= 0.3 is 0 Å². The van der Waals surface area contributed by atoms with Crippen LogP contribution in [0.15, 0.2) is 18.2 Å². The fourth-order valence-corrected chi connectivity index (χ4v) is 3.50. The normalized spacial score (nSPS) is 21.4. The molecule has 126 valence electrons. The first-order valence-corrected chi connectivity index (χ1v) is 8.76. The molecule has 0 radical (unpaired) electrons. The van der Waals surface area contributed by atoms with Crippen LogP contribution in [0.25, 0.3) is 0 Å². The molecule has 3 rings (SSSR count). The summed E-state index contributed by atoms with van der Waals surface area (Å²) in [5.74, 6) is 0.894. The number of fused-ring (bicyclic) bond motifs is 1. The van der Waals surface area contributed by atoms with E-state index in [0.29, 0.717) is 18.3 Å². The topological polar surface area (TPSA) is 67.6 Å². The van der Waals surface area contributed by atoms with E-state index in [-0.39, 0.29) is 12.0 Å². The highest BCUT2D eigenvalue weighted by Gasteiger charge is 2.27. The Morgan fingerprint density at radius 2 is 2.13 bits per heavy atom. The Balaban J connectivity index is 1.67. The molecule has 0 saturated heterocycles. The molecule has 5 nitrogen and oxygen atoms in total. The number of rotatable bonds is 4. The number of nitrogens with one attached hydrogen (secondary N) is 1. The Labute approximate surface area is 138 Å². The molecule has 1 saturated carbocycles. The van der Waals surface area contributed by atoms with Crippen LogP contribution in [0.3, 0.4) is 0 Å². The van der Waals surface area contributed by atoms with Gasteiger partial charge in [0.15, 0.2) is 0 Å². The number of nitrogens with zero attached hydrogens (tertiary/aromatic N) is 1. The van der Waals surface area contributed by atoms with Crippen molar-refractivity contribution < 1.29 is 9.53 Å². The second-order valence-corrected chi connectivity index (χ2v) is 6.66. The van der Waals surface area contributed by atoms with Crippen molar-refractivity contribution in [1.29, 1.82) is 0 Å². The number of ether oxygens (including phenoxy) is 1. The fraction of sp³-hybridized carbons (Fsp3) is 0.611. The molecule has 1 aromatic carbocycles. The Morgan fingerprint density at radius 3 is 2.87 bits per heavy atom. The Morgan fingerprint density at radius 1 is 1.35 bits per heavy atom. The molecule has 1 aliphatic carbocycles. The van der Waals surface area contributed by atoms with E-state index in [2.05, 4.69) is 17.1 Å². The second-order valence-electron chi connectivity index (χ2n) is 6.66. The summed E-state index contributed by atoms with van der Waals surface area (Å²) in [6.07, 6.45) is 6.98. The van der Waals surface area contributed by atoms with E-state index in [1.54, 1.807) is 0 Å². The third kappa shape index (κ3) is 3.89. The van der Waals surface area contributed by atoms with Crippen molar-refractivity contribution in [2.75, 3.05) is 23.7 Å². The molecule has 0 spiro atoms. The van der Waals surface area contributed by atoms with Crippen LogP contribution in [-0.2, 0) is 4.79 Å². The van der Waals surface area contributed by atoms with Gasteiger partial charge in [-0.15, -0.1) is 0 Å². The third-order valence-corrected chi connectivity index (χ3v) is 4.80. The summed E-state index contributed by atoms with van der Waals surface area (Å²) in [5.41, 5.74) is 7.51. The Kier molecular flexibility index (Phi) is 4.94. The molecule has 23 heavy (non-hydrogen) atoms. The summed E-state index contributed by atoms with van der Waals surface area (Å²) in [4.78, 5) is 14.5. The molecule has 2 aliphatic rings. The average Bonchev–Trinajstić information content (AvgIpc) is 2.55. The van der Waals surface area contributed by atoms with Crippen LogP contribution in [0.2, 0.25) is 0 Å². The second kappa shape index (κ2) is 7.11. The van der Waals surface area contributed by atoms with Crippen molar-refractivity contribution in [2.24, 2.45) is 0 Å². The summed E-state index contributed by atoms with van der Waals surface area (Å²) >= 11 is 0. The highest BCUT2D eigenvalue weighted by Crippen LogP contribution is 2.35. The van der Waals surface area contributed by atoms with Crippen molar-refractivity contribution in [3.8, 4) is 5.75 Å². The number of hydrogen-bond acceptors (Lipinski definition) is 4. The average molecular weight is 317 g/mol. The van der Waals surface area contributed by atoms with Gasteiger partial charge in [0, 0.05) is 17.8 Å². The lowest BCUT2D eigenvalue weighted by atomic mass is 9.95. The van der Waals surface area contributed by atoms with Crippen molar-refractivity contribution in [3.05, 3.63) is 18.2 Å². The number of nitrogens with two attached hydrogens (primary N) is 1. The van der Waals surface area contributed by atoms with Crippen molar-refractivity contribution >= 4 is 17.3 Å². The van der Waals surface area contributed by atoms with Crippen molar-refractivity contribution in [3.63, 3.8) is 0 Å². The van der Waals surface area contributed by atoms with E-state index in [0.717, 1.165) is 37.2 Å². The molecule has 1 amide bonds. The van der Waals surface area contributed by atoms with E-state index in [1.807, 2.05) is 18.2 Å². The number of hydrogen-bond donors (Lipinski definition) is 2. The number of nitrogen functional groups attached to an aromatic ring is 1. The fourth-order valence-electron chi connectivity index (χ4n) is 3.50. The van der Waals surface area contributed by atoms with Crippen LogP contribution >= 0.6 is 0 Å². The highest BCUT2D eigenvalue weighted by atomic mass is 16.5. The molecule has 1 atom stereocenters. The minimum absolute atomic E-state index is 0.104. The lowest BCUT2D eigenvalue weighted by Crippen LogP contribution is -2.47. The van der Waals surface area contributed by atoms with Crippen molar-refractivity contribution in [1.82, 2.24) is 5.32 Å². The molecule has 0 bridgehead atoms. The number of carbonyl (C=O) groups excluding carboxylic acids is 1. The van der Waals surface area contributed by atoms with Gasteiger partial charge in [0.2, 0.25) is 5.91 Å². The van der Waals surface area contributed by atoms with Crippen LogP contribution in [0.5, 0.6) is 5.75 Å². The number of anilines is 2. The summed E-state index contributed by atoms with van der Waals surface area (Å²) in [6.45, 7) is 3.22. The lowest BCUT2D eigenvalue weighted by Gasteiger charge is -2.36. The first-order chi connectivity index (χ1) is 11.2. The van der Waals surface area contributed by atoms with E-state index in [9.17, 15) is 4.79 Å². The smallest absolute Gasteiger partial charge is 0.239 e. The number of benzene rings is 1. The van der Waals surface area contributed by atoms with Gasteiger partial charge in [0.25, 0.3) is 0 Å². The Hall–Kier alpha value is -1.91. The molecule has 1 aliphatic heterocycles.